The third-order valence-corrected chi connectivity index (χ3v) is 4.62. The summed E-state index contributed by atoms with van der Waals surface area (Å²) >= 11 is 0. The largest absolute Gasteiger partial charge is 0.497 e. The average Bonchev–Trinajstić information content (AvgIpc) is 2.53. The lowest BCUT2D eigenvalue weighted by molar-refractivity contribution is 0.413. The van der Waals surface area contributed by atoms with Crippen LogP contribution in [0.5, 0.6) is 11.5 Å². The number of nitrogen functional groups attached to an aromatic ring is 1. The normalized spacial score (nSPS) is 11.9. The molecule has 2 aromatic rings. The zero-order valence-electron chi connectivity index (χ0n) is 12.2. The fraction of sp³-hybridized carbons (Fsp3) is 0.250. The third kappa shape index (κ3) is 3.98. The summed E-state index contributed by atoms with van der Waals surface area (Å²) in [6, 6.07) is 13.0. The fourth-order valence-corrected chi connectivity index (χ4v) is 3.17. The molecular weight excluding hydrogens is 286 g/mol. The molecule has 0 saturated heterocycles. The summed E-state index contributed by atoms with van der Waals surface area (Å²) < 4.78 is 22.6. The molecule has 2 N–H and O–H groups in total. The molecule has 2 rings (SSSR count). The van der Waals surface area contributed by atoms with Gasteiger partial charge in [0.1, 0.15) is 11.5 Å². The lowest BCUT2D eigenvalue weighted by atomic mass is 10.2. The van der Waals surface area contributed by atoms with E-state index in [2.05, 4.69) is 0 Å². The van der Waals surface area contributed by atoms with E-state index in [1.807, 2.05) is 24.3 Å². The minimum atomic E-state index is -1.15. The molecule has 0 bridgehead atoms. The van der Waals surface area contributed by atoms with Crippen molar-refractivity contribution in [3.8, 4) is 11.5 Å². The van der Waals surface area contributed by atoms with Gasteiger partial charge >= 0.3 is 0 Å². The molecule has 0 radical (unpaired) electrons. The van der Waals surface area contributed by atoms with Gasteiger partial charge in [0.05, 0.1) is 29.9 Å². The molecule has 5 heteroatoms. The van der Waals surface area contributed by atoms with E-state index >= 15 is 0 Å². The Bertz CT molecular complexity index is 626. The van der Waals surface area contributed by atoms with E-state index in [1.165, 1.54) is 0 Å². The first-order valence-corrected chi connectivity index (χ1v) is 7.90. The van der Waals surface area contributed by atoms with Crippen molar-refractivity contribution in [3.05, 3.63) is 48.0 Å². The van der Waals surface area contributed by atoms with Crippen LogP contribution in [0, 0.1) is 0 Å². The fourth-order valence-electron chi connectivity index (χ4n) is 1.95. The molecule has 2 aromatic carbocycles. The highest BCUT2D eigenvalue weighted by molar-refractivity contribution is 7.85. The van der Waals surface area contributed by atoms with Gasteiger partial charge in [-0.15, -0.1) is 0 Å². The van der Waals surface area contributed by atoms with Crippen LogP contribution in [0.1, 0.15) is 5.56 Å². The van der Waals surface area contributed by atoms with E-state index in [9.17, 15) is 4.21 Å². The molecule has 0 saturated carbocycles. The van der Waals surface area contributed by atoms with Crippen LogP contribution in [0.2, 0.25) is 0 Å². The molecule has 4 nitrogen and oxygen atoms in total. The average molecular weight is 305 g/mol. The maximum absolute atomic E-state index is 12.4. The third-order valence-electron chi connectivity index (χ3n) is 3.20. The van der Waals surface area contributed by atoms with E-state index in [-0.39, 0.29) is 0 Å². The van der Waals surface area contributed by atoms with Crippen molar-refractivity contribution < 1.29 is 13.7 Å². The molecule has 0 aliphatic heterocycles. The van der Waals surface area contributed by atoms with Gasteiger partial charge in [0.25, 0.3) is 0 Å². The van der Waals surface area contributed by atoms with Crippen LogP contribution in [0.25, 0.3) is 0 Å². The second kappa shape index (κ2) is 7.13. The monoisotopic (exact) mass is 305 g/mol. The SMILES string of the molecule is COc1ccc(CCS(=O)c2cc(OC)ccc2N)cc1. The molecule has 0 aromatic heterocycles. The van der Waals surface area contributed by atoms with E-state index in [0.717, 1.165) is 11.3 Å². The van der Waals surface area contributed by atoms with Crippen LogP contribution in [0.15, 0.2) is 47.4 Å². The Morgan fingerprint density at radius 3 is 2.24 bits per heavy atom. The van der Waals surface area contributed by atoms with E-state index in [1.54, 1.807) is 32.4 Å². The Kier molecular flexibility index (Phi) is 5.22. The molecule has 1 unspecified atom stereocenters. The topological polar surface area (TPSA) is 61.5 Å². The van der Waals surface area contributed by atoms with Crippen molar-refractivity contribution in [1.82, 2.24) is 0 Å². The first-order chi connectivity index (χ1) is 10.1. The minimum absolute atomic E-state index is 0.518. The van der Waals surface area contributed by atoms with Gasteiger partial charge in [-0.25, -0.2) is 0 Å². The van der Waals surface area contributed by atoms with E-state index in [4.69, 9.17) is 15.2 Å². The van der Waals surface area contributed by atoms with Gasteiger partial charge in [-0.1, -0.05) is 12.1 Å². The lowest BCUT2D eigenvalue weighted by Gasteiger charge is -2.08. The molecule has 0 aliphatic carbocycles. The summed E-state index contributed by atoms with van der Waals surface area (Å²) in [4.78, 5) is 0.628. The summed E-state index contributed by atoms with van der Waals surface area (Å²) in [6.45, 7) is 0. The summed E-state index contributed by atoms with van der Waals surface area (Å²) in [6.07, 6.45) is 0.716. The van der Waals surface area contributed by atoms with Gasteiger partial charge in [0.2, 0.25) is 0 Å². The standard InChI is InChI=1S/C16H19NO3S/c1-19-13-5-3-12(4-6-13)9-10-21(18)16-11-14(20-2)7-8-15(16)17/h3-8,11H,9-10,17H2,1-2H3. The molecule has 1 atom stereocenters. The van der Waals surface area contributed by atoms with Gasteiger partial charge in [-0.05, 0) is 42.3 Å². The number of methoxy groups -OCH3 is 2. The van der Waals surface area contributed by atoms with E-state index < -0.39 is 10.8 Å². The Labute approximate surface area is 127 Å². The summed E-state index contributed by atoms with van der Waals surface area (Å²) in [5, 5.41) is 0. The van der Waals surface area contributed by atoms with Crippen molar-refractivity contribution in [2.24, 2.45) is 0 Å². The molecule has 112 valence electrons. The van der Waals surface area contributed by atoms with E-state index in [0.29, 0.717) is 28.5 Å². The summed E-state index contributed by atoms with van der Waals surface area (Å²) in [7, 11) is 2.06. The van der Waals surface area contributed by atoms with Crippen LogP contribution < -0.4 is 15.2 Å². The first-order valence-electron chi connectivity index (χ1n) is 6.59. The number of rotatable bonds is 6. The maximum Gasteiger partial charge on any atom is 0.120 e. The number of aryl methyl sites for hydroxylation is 1. The van der Waals surface area contributed by atoms with Gasteiger partial charge in [-0.2, -0.15) is 0 Å². The first kappa shape index (κ1) is 15.4. The van der Waals surface area contributed by atoms with Crippen LogP contribution >= 0.6 is 0 Å². The van der Waals surface area contributed by atoms with Crippen LogP contribution in [0.3, 0.4) is 0 Å². The zero-order chi connectivity index (χ0) is 15.2. The predicted octanol–water partition coefficient (Wildman–Crippen LogP) is 2.64. The van der Waals surface area contributed by atoms with Gasteiger partial charge in [0.15, 0.2) is 0 Å². The minimum Gasteiger partial charge on any atom is -0.497 e. The second-order valence-corrected chi connectivity index (χ2v) is 6.09. The Balaban J connectivity index is 2.04. The zero-order valence-corrected chi connectivity index (χ0v) is 13.0. The van der Waals surface area contributed by atoms with Crippen molar-refractivity contribution in [2.45, 2.75) is 11.3 Å². The van der Waals surface area contributed by atoms with Crippen molar-refractivity contribution in [2.75, 3.05) is 25.7 Å². The highest BCUT2D eigenvalue weighted by atomic mass is 32.2. The quantitative estimate of drug-likeness (QED) is 0.833. The molecule has 0 fully saturated rings. The number of anilines is 1. The van der Waals surface area contributed by atoms with Gasteiger partial charge in [0, 0.05) is 11.4 Å². The number of ether oxygens (including phenoxy) is 2. The van der Waals surface area contributed by atoms with Crippen molar-refractivity contribution in [1.29, 1.82) is 0 Å². The Morgan fingerprint density at radius 1 is 1.00 bits per heavy atom. The molecule has 0 spiro atoms. The number of nitrogens with two attached hydrogens (primary N) is 1. The smallest absolute Gasteiger partial charge is 0.120 e. The lowest BCUT2D eigenvalue weighted by Crippen LogP contribution is -2.05. The van der Waals surface area contributed by atoms with Crippen LogP contribution in [-0.2, 0) is 17.2 Å². The van der Waals surface area contributed by atoms with Gasteiger partial charge in [-0.3, -0.25) is 4.21 Å². The molecular formula is C16H19NO3S. The Hall–Kier alpha value is -2.01. The van der Waals surface area contributed by atoms with Crippen molar-refractivity contribution in [3.63, 3.8) is 0 Å². The number of benzene rings is 2. The number of hydrogen-bond donors (Lipinski definition) is 1. The predicted molar refractivity (Wildman–Crippen MR) is 85.4 cm³/mol. The van der Waals surface area contributed by atoms with Crippen LogP contribution in [0.4, 0.5) is 5.69 Å². The second-order valence-electron chi connectivity index (χ2n) is 4.55. The summed E-state index contributed by atoms with van der Waals surface area (Å²) in [5.41, 5.74) is 7.53. The van der Waals surface area contributed by atoms with Crippen molar-refractivity contribution >= 4 is 16.5 Å². The highest BCUT2D eigenvalue weighted by Crippen LogP contribution is 2.23. The molecule has 0 heterocycles. The molecule has 21 heavy (non-hydrogen) atoms. The van der Waals surface area contributed by atoms with Crippen LogP contribution in [-0.4, -0.2) is 24.2 Å². The van der Waals surface area contributed by atoms with Gasteiger partial charge < -0.3 is 15.2 Å². The highest BCUT2D eigenvalue weighted by Gasteiger charge is 2.10. The maximum atomic E-state index is 12.4. The molecule has 0 amide bonds. The number of hydrogen-bond acceptors (Lipinski definition) is 4. The molecule has 0 aliphatic rings. The Morgan fingerprint density at radius 2 is 1.62 bits per heavy atom. The summed E-state index contributed by atoms with van der Waals surface area (Å²) in [5.74, 6) is 2.00.